The number of aryl methyl sites for hydroxylation is 1. The van der Waals surface area contributed by atoms with Crippen molar-refractivity contribution in [3.63, 3.8) is 0 Å². The van der Waals surface area contributed by atoms with E-state index in [-0.39, 0.29) is 11.4 Å². The third-order valence-electron chi connectivity index (χ3n) is 5.67. The minimum atomic E-state index is -2.45. The lowest BCUT2D eigenvalue weighted by Gasteiger charge is -2.41. The number of amides is 1. The lowest BCUT2D eigenvalue weighted by molar-refractivity contribution is 0.0540. The summed E-state index contributed by atoms with van der Waals surface area (Å²) < 4.78 is 25.7. The Kier molecular flexibility index (Phi) is 3.49. The fourth-order valence-electron chi connectivity index (χ4n) is 4.21. The molecule has 1 spiro atoms. The first-order chi connectivity index (χ1) is 11.4. The van der Waals surface area contributed by atoms with Gasteiger partial charge >= 0.3 is 0 Å². The van der Waals surface area contributed by atoms with Gasteiger partial charge in [0, 0.05) is 44.3 Å². The first-order valence-corrected chi connectivity index (χ1v) is 10.4. The second-order valence-corrected chi connectivity index (χ2v) is 9.50. The Labute approximate surface area is 142 Å². The third kappa shape index (κ3) is 2.35. The molecule has 4 rings (SSSR count). The summed E-state index contributed by atoms with van der Waals surface area (Å²) >= 11 is 0. The van der Waals surface area contributed by atoms with Gasteiger partial charge < -0.3 is 9.32 Å². The van der Waals surface area contributed by atoms with E-state index in [1.807, 2.05) is 36.1 Å². The van der Waals surface area contributed by atoms with Crippen molar-refractivity contribution in [2.75, 3.05) is 18.1 Å². The number of para-hydroxylation sites is 1. The summed E-state index contributed by atoms with van der Waals surface area (Å²) in [5.41, 5.74) is 1.40. The van der Waals surface area contributed by atoms with Gasteiger partial charge in [-0.05, 0) is 38.7 Å². The maximum Gasteiger partial charge on any atom is 0.290 e. The Morgan fingerprint density at radius 2 is 1.96 bits per heavy atom. The number of furan rings is 1. The van der Waals surface area contributed by atoms with Gasteiger partial charge in [0.15, 0.2) is 5.76 Å². The van der Waals surface area contributed by atoms with Crippen molar-refractivity contribution in [3.8, 4) is 0 Å². The van der Waals surface area contributed by atoms with Crippen molar-refractivity contribution in [3.05, 3.63) is 35.6 Å². The molecule has 0 aliphatic carbocycles. The molecule has 1 aromatic heterocycles. The lowest BCUT2D eigenvalue weighted by Crippen LogP contribution is -2.51. The molecule has 0 radical (unpaired) electrons. The fraction of sp³-hybridized carbons (Fsp3) is 0.500. The average molecular weight is 346 g/mol. The molecular weight excluding hydrogens is 324 g/mol. The molecule has 2 aliphatic heterocycles. The predicted molar refractivity (Wildman–Crippen MR) is 93.8 cm³/mol. The minimum Gasteiger partial charge on any atom is -0.451 e. The van der Waals surface area contributed by atoms with Gasteiger partial charge in [-0.15, -0.1) is 0 Å². The van der Waals surface area contributed by atoms with Crippen LogP contribution < -0.4 is 0 Å². The fourth-order valence-corrected chi connectivity index (χ4v) is 5.84. The van der Waals surface area contributed by atoms with Crippen molar-refractivity contribution in [1.82, 2.24) is 4.90 Å². The predicted octanol–water partition coefficient (Wildman–Crippen LogP) is 3.56. The molecule has 0 bridgehead atoms. The smallest absolute Gasteiger partial charge is 0.290 e. The van der Waals surface area contributed by atoms with E-state index < -0.39 is 9.73 Å². The molecule has 2 fully saturated rings. The number of nitrogens with zero attached hydrogens (tertiary/aromatic N) is 1. The molecule has 128 valence electrons. The van der Waals surface area contributed by atoms with E-state index in [4.69, 9.17) is 9.20 Å². The first kappa shape index (κ1) is 15.7. The Morgan fingerprint density at radius 3 is 2.67 bits per heavy atom. The van der Waals surface area contributed by atoms with Crippen LogP contribution in [0.5, 0.6) is 0 Å². The van der Waals surface area contributed by atoms with Gasteiger partial charge in [-0.25, -0.2) is 4.21 Å². The molecule has 0 saturated carbocycles. The Bertz CT molecular complexity index is 899. The van der Waals surface area contributed by atoms with Crippen LogP contribution in [0.3, 0.4) is 0 Å². The van der Waals surface area contributed by atoms with Gasteiger partial charge in [0.25, 0.3) is 5.91 Å². The molecule has 2 aliphatic rings. The quantitative estimate of drug-likeness (QED) is 0.858. The molecule has 3 heterocycles. The number of likely N-dealkylation sites (tertiary alicyclic amines) is 1. The zero-order valence-corrected chi connectivity index (χ0v) is 14.7. The van der Waals surface area contributed by atoms with Gasteiger partial charge in [0.05, 0.1) is 0 Å². The van der Waals surface area contributed by atoms with Gasteiger partial charge in [-0.2, -0.15) is 0 Å². The normalized spacial score (nSPS) is 30.3. The summed E-state index contributed by atoms with van der Waals surface area (Å²) in [4.78, 5) is 15.1. The maximum atomic E-state index is 13.2. The van der Waals surface area contributed by atoms with Gasteiger partial charge in [-0.3, -0.25) is 9.57 Å². The van der Waals surface area contributed by atoms with Gasteiger partial charge in [0.1, 0.15) is 5.58 Å². The van der Waals surface area contributed by atoms with E-state index in [2.05, 4.69) is 0 Å². The summed E-state index contributed by atoms with van der Waals surface area (Å²) in [6.45, 7) is 2.65. The van der Waals surface area contributed by atoms with Crippen molar-refractivity contribution >= 4 is 26.6 Å². The van der Waals surface area contributed by atoms with Crippen molar-refractivity contribution < 1.29 is 13.4 Å². The Balaban J connectivity index is 1.69. The van der Waals surface area contributed by atoms with Gasteiger partial charge in [0.2, 0.25) is 0 Å². The molecule has 2 aromatic rings. The second-order valence-electron chi connectivity index (χ2n) is 7.06. The number of benzene rings is 1. The van der Waals surface area contributed by atoms with Crippen molar-refractivity contribution in [2.45, 2.75) is 38.1 Å². The number of hydrogen-bond donors (Lipinski definition) is 1. The monoisotopic (exact) mass is 346 g/mol. The summed E-state index contributed by atoms with van der Waals surface area (Å²) in [5.74, 6) is 1.17. The van der Waals surface area contributed by atoms with Crippen LogP contribution in [0.4, 0.5) is 0 Å². The second kappa shape index (κ2) is 5.34. The molecule has 1 N–H and O–H groups in total. The van der Waals surface area contributed by atoms with E-state index in [1.54, 1.807) is 0 Å². The van der Waals surface area contributed by atoms with Crippen LogP contribution in [0.2, 0.25) is 0 Å². The Hall–Kier alpha value is -1.82. The summed E-state index contributed by atoms with van der Waals surface area (Å²) in [5, 5.41) is 0.979. The molecule has 1 amide bonds. The largest absolute Gasteiger partial charge is 0.451 e. The maximum absolute atomic E-state index is 13.2. The van der Waals surface area contributed by atoms with Crippen LogP contribution >= 0.6 is 0 Å². The van der Waals surface area contributed by atoms with Crippen molar-refractivity contribution in [2.24, 2.45) is 0 Å². The summed E-state index contributed by atoms with van der Waals surface area (Å²) in [6, 6.07) is 7.71. The number of nitrogens with one attached hydrogen (secondary N) is 1. The van der Waals surface area contributed by atoms with Crippen LogP contribution in [0.15, 0.2) is 28.7 Å². The number of carbonyl (C=O) groups is 1. The Morgan fingerprint density at radius 1 is 1.25 bits per heavy atom. The van der Waals surface area contributed by atoms with E-state index in [0.29, 0.717) is 36.7 Å². The standard InChI is InChI=1S/C18H22N2O3S/c1-13-14-5-2-3-6-15(14)23-16(13)17(21)20-10-4-7-18(20)8-11-24(19,22)12-9-18/h2-3,5-6,19H,4,7-12H2,1H3. The molecule has 2 saturated heterocycles. The molecule has 0 atom stereocenters. The zero-order valence-electron chi connectivity index (χ0n) is 13.8. The number of hydrogen-bond acceptors (Lipinski definition) is 4. The number of carbonyl (C=O) groups excluding carboxylic acids is 1. The highest BCUT2D eigenvalue weighted by molar-refractivity contribution is 7.92. The molecule has 0 unspecified atom stereocenters. The minimum absolute atomic E-state index is 0.0559. The van der Waals surface area contributed by atoms with Crippen LogP contribution in [-0.2, 0) is 9.73 Å². The van der Waals surface area contributed by atoms with Crippen LogP contribution in [0, 0.1) is 11.7 Å². The summed E-state index contributed by atoms with van der Waals surface area (Å²) in [7, 11) is -2.45. The SMILES string of the molecule is Cc1c(C(=O)N2CCCC23CCS(=N)(=O)CC3)oc2ccccc12. The topological polar surface area (TPSA) is 74.4 Å². The molecule has 1 aromatic carbocycles. The number of rotatable bonds is 1. The molecule has 24 heavy (non-hydrogen) atoms. The average Bonchev–Trinajstić information content (AvgIpc) is 3.13. The first-order valence-electron chi connectivity index (χ1n) is 8.46. The zero-order chi connectivity index (χ0) is 16.9. The highest BCUT2D eigenvalue weighted by Crippen LogP contribution is 2.41. The van der Waals surface area contributed by atoms with Crippen LogP contribution in [-0.4, -0.2) is 38.6 Å². The van der Waals surface area contributed by atoms with Crippen molar-refractivity contribution in [1.29, 1.82) is 4.78 Å². The highest BCUT2D eigenvalue weighted by Gasteiger charge is 2.47. The van der Waals surface area contributed by atoms with E-state index >= 15 is 0 Å². The molecule has 5 nitrogen and oxygen atoms in total. The van der Waals surface area contributed by atoms with Crippen LogP contribution in [0.1, 0.15) is 41.8 Å². The van der Waals surface area contributed by atoms with E-state index in [9.17, 15) is 9.00 Å². The van der Waals surface area contributed by atoms with E-state index in [0.717, 1.165) is 29.4 Å². The molecular formula is C18H22N2O3S. The highest BCUT2D eigenvalue weighted by atomic mass is 32.2. The van der Waals surface area contributed by atoms with Crippen LogP contribution in [0.25, 0.3) is 11.0 Å². The third-order valence-corrected chi connectivity index (χ3v) is 7.40. The molecule has 6 heteroatoms. The number of fused-ring (bicyclic) bond motifs is 1. The van der Waals surface area contributed by atoms with Gasteiger partial charge in [-0.1, -0.05) is 18.2 Å². The summed E-state index contributed by atoms with van der Waals surface area (Å²) in [6.07, 6.45) is 3.23. The van der Waals surface area contributed by atoms with E-state index in [1.165, 1.54) is 0 Å². The lowest BCUT2D eigenvalue weighted by atomic mass is 9.89.